The van der Waals surface area contributed by atoms with Gasteiger partial charge in [0.05, 0.1) is 17.1 Å². The summed E-state index contributed by atoms with van der Waals surface area (Å²) in [5, 5.41) is 10.8. The van der Waals surface area contributed by atoms with E-state index in [-0.39, 0.29) is 27.9 Å². The van der Waals surface area contributed by atoms with Crippen molar-refractivity contribution >= 4 is 17.0 Å². The van der Waals surface area contributed by atoms with E-state index >= 15 is 0 Å². The molecule has 2 N–H and O–H groups in total. The van der Waals surface area contributed by atoms with Gasteiger partial charge in [-0.3, -0.25) is 0 Å². The Morgan fingerprint density at radius 3 is 2.03 bits per heavy atom. The number of phenolic OH excluding ortho intramolecular Hbond substituents is 1. The Bertz CT molecular complexity index is 900. The molecule has 0 amide bonds. The van der Waals surface area contributed by atoms with Gasteiger partial charge in [0.2, 0.25) is 0 Å². The number of hydrogen-bond donors (Lipinski definition) is 2. The molecule has 2 rings (SSSR count). The molecule has 1 atom stereocenters. The summed E-state index contributed by atoms with van der Waals surface area (Å²) in [6.07, 6.45) is 1.29. The van der Waals surface area contributed by atoms with E-state index in [2.05, 4.69) is 41.5 Å². The molecule has 164 valence electrons. The number of carbonyl (C=O) groups excluding carboxylic acids is 1. The molecule has 0 aliphatic rings. The highest BCUT2D eigenvalue weighted by Gasteiger charge is 2.26. The fourth-order valence-electron chi connectivity index (χ4n) is 3.29. The van der Waals surface area contributed by atoms with Crippen molar-refractivity contribution in [1.82, 2.24) is 0 Å². The van der Waals surface area contributed by atoms with Gasteiger partial charge in [-0.05, 0) is 52.5 Å². The fraction of sp³-hybridized carbons (Fsp3) is 0.458. The summed E-state index contributed by atoms with van der Waals surface area (Å²) in [5.74, 6) is -0.261. The molecule has 5 nitrogen and oxygen atoms in total. The van der Waals surface area contributed by atoms with E-state index in [9.17, 15) is 18.7 Å². The van der Waals surface area contributed by atoms with Gasteiger partial charge in [-0.25, -0.2) is 9.00 Å². The molecular weight excluding hydrogens is 400 g/mol. The zero-order valence-corrected chi connectivity index (χ0v) is 19.4. The van der Waals surface area contributed by atoms with Crippen LogP contribution in [0.25, 0.3) is 0 Å². The van der Waals surface area contributed by atoms with Gasteiger partial charge in [0.25, 0.3) is 0 Å². The molecule has 0 heterocycles. The standard InChI is InChI=1S/C24H32O5S/c1-23(2,3)18-14-16(15-19(21(18)25)24(4,5)6)10-9-13-29-22(26)17-11-7-8-12-20(17)30(27)28/h7-8,11-12,14-15,25H,9-10,13H2,1-6H3,(H,27,28). The second-order valence-corrected chi connectivity index (χ2v) is 10.5. The van der Waals surface area contributed by atoms with Crippen LogP contribution >= 0.6 is 0 Å². The maximum absolute atomic E-state index is 12.3. The molecule has 0 fully saturated rings. The van der Waals surface area contributed by atoms with Crippen LogP contribution in [0.3, 0.4) is 0 Å². The summed E-state index contributed by atoms with van der Waals surface area (Å²) in [7, 11) is 0. The zero-order valence-electron chi connectivity index (χ0n) is 18.6. The minimum Gasteiger partial charge on any atom is -0.507 e. The maximum Gasteiger partial charge on any atom is 0.339 e. The first-order chi connectivity index (χ1) is 13.8. The van der Waals surface area contributed by atoms with Gasteiger partial charge in [0.1, 0.15) is 5.75 Å². The molecule has 0 saturated heterocycles. The lowest BCUT2D eigenvalue weighted by Crippen LogP contribution is -2.18. The first kappa shape index (κ1) is 24.1. The minimum absolute atomic E-state index is 0.0469. The van der Waals surface area contributed by atoms with Crippen LogP contribution in [0.2, 0.25) is 0 Å². The molecule has 0 aliphatic carbocycles. The van der Waals surface area contributed by atoms with Crippen molar-refractivity contribution in [1.29, 1.82) is 0 Å². The average molecular weight is 433 g/mol. The smallest absolute Gasteiger partial charge is 0.339 e. The van der Waals surface area contributed by atoms with Crippen LogP contribution < -0.4 is 0 Å². The summed E-state index contributed by atoms with van der Waals surface area (Å²) in [4.78, 5) is 12.3. The molecule has 6 heteroatoms. The Labute approximate surface area is 181 Å². The topological polar surface area (TPSA) is 83.8 Å². The third-order valence-electron chi connectivity index (χ3n) is 4.92. The van der Waals surface area contributed by atoms with Crippen molar-refractivity contribution in [3.63, 3.8) is 0 Å². The summed E-state index contributed by atoms with van der Waals surface area (Å²) < 4.78 is 26.0. The molecular formula is C24H32O5S. The molecule has 0 aromatic heterocycles. The van der Waals surface area contributed by atoms with Crippen molar-refractivity contribution < 1.29 is 23.4 Å². The fourth-order valence-corrected chi connectivity index (χ4v) is 3.82. The van der Waals surface area contributed by atoms with Gasteiger partial charge in [-0.1, -0.05) is 65.8 Å². The van der Waals surface area contributed by atoms with Crippen LogP contribution in [0.15, 0.2) is 41.3 Å². The van der Waals surface area contributed by atoms with E-state index in [4.69, 9.17) is 4.74 Å². The molecule has 1 unspecified atom stereocenters. The molecule has 0 radical (unpaired) electrons. The highest BCUT2D eigenvalue weighted by molar-refractivity contribution is 7.79. The maximum atomic E-state index is 12.3. The second kappa shape index (κ2) is 9.31. The van der Waals surface area contributed by atoms with E-state index in [0.29, 0.717) is 18.6 Å². The highest BCUT2D eigenvalue weighted by Crippen LogP contribution is 2.40. The van der Waals surface area contributed by atoms with Crippen LogP contribution in [0, 0.1) is 0 Å². The van der Waals surface area contributed by atoms with Gasteiger partial charge in [0.15, 0.2) is 11.1 Å². The minimum atomic E-state index is -2.25. The lowest BCUT2D eigenvalue weighted by molar-refractivity contribution is 0.0496. The summed E-state index contributed by atoms with van der Waals surface area (Å²) >= 11 is -2.25. The van der Waals surface area contributed by atoms with Crippen molar-refractivity contribution in [3.05, 3.63) is 58.7 Å². The Balaban J connectivity index is 2.11. The molecule has 0 aliphatic heterocycles. The lowest BCUT2D eigenvalue weighted by Gasteiger charge is -2.28. The SMILES string of the molecule is CC(C)(C)c1cc(CCCOC(=O)c2ccccc2S(=O)O)cc(C(C)(C)C)c1O. The second-order valence-electron chi connectivity index (χ2n) is 9.52. The van der Waals surface area contributed by atoms with Gasteiger partial charge in [-0.2, -0.15) is 0 Å². The zero-order chi connectivity index (χ0) is 22.7. The Kier molecular flexibility index (Phi) is 7.48. The van der Waals surface area contributed by atoms with Gasteiger partial charge in [-0.15, -0.1) is 0 Å². The highest BCUT2D eigenvalue weighted by atomic mass is 32.2. The third kappa shape index (κ3) is 5.92. The first-order valence-corrected chi connectivity index (χ1v) is 11.2. The number of benzene rings is 2. The number of hydrogen-bond acceptors (Lipinski definition) is 4. The Hall–Kier alpha value is -2.18. The van der Waals surface area contributed by atoms with E-state index < -0.39 is 17.0 Å². The van der Waals surface area contributed by atoms with E-state index in [1.807, 2.05) is 12.1 Å². The quantitative estimate of drug-likeness (QED) is 0.365. The molecule has 30 heavy (non-hydrogen) atoms. The van der Waals surface area contributed by atoms with Gasteiger partial charge < -0.3 is 14.4 Å². The van der Waals surface area contributed by atoms with E-state index in [0.717, 1.165) is 16.7 Å². The molecule has 0 saturated carbocycles. The van der Waals surface area contributed by atoms with E-state index in [1.54, 1.807) is 12.1 Å². The number of carbonyl (C=O) groups is 1. The van der Waals surface area contributed by atoms with Gasteiger partial charge >= 0.3 is 5.97 Å². The number of aryl methyl sites for hydroxylation is 1. The first-order valence-electron chi connectivity index (χ1n) is 10.1. The predicted octanol–water partition coefficient (Wildman–Crippen LogP) is 5.36. The number of aromatic hydroxyl groups is 1. The van der Waals surface area contributed by atoms with Crippen LogP contribution in [0.5, 0.6) is 5.75 Å². The lowest BCUT2D eigenvalue weighted by atomic mass is 9.78. The normalized spacial score (nSPS) is 13.2. The summed E-state index contributed by atoms with van der Waals surface area (Å²) in [5.41, 5.74) is 2.60. The van der Waals surface area contributed by atoms with Crippen LogP contribution in [-0.4, -0.2) is 26.4 Å². The third-order valence-corrected chi connectivity index (χ3v) is 5.66. The Morgan fingerprint density at radius 2 is 1.53 bits per heavy atom. The van der Waals surface area contributed by atoms with Crippen molar-refractivity contribution in [2.45, 2.75) is 70.1 Å². The van der Waals surface area contributed by atoms with Gasteiger partial charge in [0, 0.05) is 0 Å². The van der Waals surface area contributed by atoms with E-state index in [1.165, 1.54) is 12.1 Å². The average Bonchev–Trinajstić information content (AvgIpc) is 2.64. The number of phenols is 1. The van der Waals surface area contributed by atoms with Crippen LogP contribution in [0.4, 0.5) is 0 Å². The molecule has 0 bridgehead atoms. The molecule has 2 aromatic carbocycles. The monoisotopic (exact) mass is 432 g/mol. The molecule has 2 aromatic rings. The number of esters is 1. The Morgan fingerprint density at radius 1 is 1.00 bits per heavy atom. The van der Waals surface area contributed by atoms with Crippen LogP contribution in [0.1, 0.15) is 75.0 Å². The van der Waals surface area contributed by atoms with Crippen molar-refractivity contribution in [3.8, 4) is 5.75 Å². The number of ether oxygens (including phenoxy) is 1. The van der Waals surface area contributed by atoms with Crippen molar-refractivity contribution in [2.75, 3.05) is 6.61 Å². The summed E-state index contributed by atoms with van der Waals surface area (Å²) in [6.45, 7) is 12.6. The predicted molar refractivity (Wildman–Crippen MR) is 120 cm³/mol. The molecule has 0 spiro atoms. The van der Waals surface area contributed by atoms with Crippen molar-refractivity contribution in [2.24, 2.45) is 0 Å². The largest absolute Gasteiger partial charge is 0.507 e. The number of rotatable bonds is 6. The van der Waals surface area contributed by atoms with Crippen LogP contribution in [-0.2, 0) is 33.1 Å². The summed E-state index contributed by atoms with van der Waals surface area (Å²) in [6, 6.07) is 10.2.